The number of thioether (sulfide) groups is 1. The van der Waals surface area contributed by atoms with E-state index in [1.807, 2.05) is 44.2 Å². The third-order valence-corrected chi connectivity index (χ3v) is 4.18. The van der Waals surface area contributed by atoms with Crippen molar-refractivity contribution in [1.29, 1.82) is 5.26 Å². The van der Waals surface area contributed by atoms with Gasteiger partial charge < -0.3 is 4.90 Å². The molecule has 0 spiro atoms. The fourth-order valence-electron chi connectivity index (χ4n) is 2.31. The number of hydrogen-bond donors (Lipinski definition) is 0. The molecule has 0 aliphatic rings. The van der Waals surface area contributed by atoms with Crippen molar-refractivity contribution in [3.63, 3.8) is 0 Å². The average Bonchev–Trinajstić information content (AvgIpc) is 2.53. The predicted molar refractivity (Wildman–Crippen MR) is 93.5 cm³/mol. The molecule has 0 saturated carbocycles. The van der Waals surface area contributed by atoms with Gasteiger partial charge >= 0.3 is 0 Å². The first-order valence-corrected chi connectivity index (χ1v) is 8.38. The molecule has 4 nitrogen and oxygen atoms in total. The number of nitrogens with zero attached hydrogens (tertiary/aromatic N) is 3. The molecule has 1 heterocycles. The van der Waals surface area contributed by atoms with Gasteiger partial charge in [-0.1, -0.05) is 23.9 Å². The number of nitriles is 1. The summed E-state index contributed by atoms with van der Waals surface area (Å²) in [4.78, 5) is 18.5. The molecule has 5 heteroatoms. The van der Waals surface area contributed by atoms with Crippen molar-refractivity contribution in [2.24, 2.45) is 0 Å². The molecule has 1 amide bonds. The minimum Gasteiger partial charge on any atom is -0.311 e. The van der Waals surface area contributed by atoms with E-state index in [9.17, 15) is 4.79 Å². The number of carbonyl (C=O) groups is 1. The number of hydrogen-bond acceptors (Lipinski definition) is 4. The van der Waals surface area contributed by atoms with Gasteiger partial charge in [-0.2, -0.15) is 5.26 Å². The zero-order chi connectivity index (χ0) is 16.7. The molecule has 23 heavy (non-hydrogen) atoms. The summed E-state index contributed by atoms with van der Waals surface area (Å²) in [5.74, 6) is 0.288. The first-order valence-electron chi connectivity index (χ1n) is 7.39. The Bertz CT molecular complexity index is 690. The Balaban J connectivity index is 2.13. The molecule has 0 N–H and O–H groups in total. The van der Waals surface area contributed by atoms with Crippen LogP contribution in [0.25, 0.3) is 0 Å². The van der Waals surface area contributed by atoms with Crippen molar-refractivity contribution in [3.8, 4) is 6.07 Å². The minimum absolute atomic E-state index is 0.0131. The third-order valence-electron chi connectivity index (χ3n) is 3.25. The molecule has 0 aliphatic carbocycles. The molecule has 0 atom stereocenters. The van der Waals surface area contributed by atoms with Crippen molar-refractivity contribution in [3.05, 3.63) is 53.7 Å². The predicted octanol–water partition coefficient (Wildman–Crippen LogP) is 3.74. The van der Waals surface area contributed by atoms with Crippen molar-refractivity contribution in [2.45, 2.75) is 25.3 Å². The number of anilines is 1. The molecule has 0 saturated heterocycles. The first kappa shape index (κ1) is 17.0. The van der Waals surface area contributed by atoms with Crippen LogP contribution >= 0.6 is 11.8 Å². The van der Waals surface area contributed by atoms with Crippen LogP contribution in [0.4, 0.5) is 5.69 Å². The summed E-state index contributed by atoms with van der Waals surface area (Å²) < 4.78 is 0. The van der Waals surface area contributed by atoms with E-state index in [0.29, 0.717) is 18.7 Å². The Morgan fingerprint density at radius 1 is 1.26 bits per heavy atom. The summed E-state index contributed by atoms with van der Waals surface area (Å²) >= 11 is 1.41. The van der Waals surface area contributed by atoms with Gasteiger partial charge in [0.15, 0.2) is 0 Å². The summed E-state index contributed by atoms with van der Waals surface area (Å²) in [6.07, 6.45) is 2.02. The Hall–Kier alpha value is -2.32. The van der Waals surface area contributed by atoms with Gasteiger partial charge in [-0.15, -0.1) is 0 Å². The molecule has 0 radical (unpaired) electrons. The largest absolute Gasteiger partial charge is 0.311 e. The van der Waals surface area contributed by atoms with Gasteiger partial charge in [0, 0.05) is 18.4 Å². The smallest absolute Gasteiger partial charge is 0.237 e. The maximum absolute atomic E-state index is 12.6. The Morgan fingerprint density at radius 3 is 2.61 bits per heavy atom. The molecule has 118 valence electrons. The highest BCUT2D eigenvalue weighted by molar-refractivity contribution is 7.99. The van der Waals surface area contributed by atoms with Gasteiger partial charge in [-0.05, 0) is 49.2 Å². The van der Waals surface area contributed by atoms with E-state index in [2.05, 4.69) is 17.1 Å². The highest BCUT2D eigenvalue weighted by atomic mass is 32.2. The molecule has 2 rings (SSSR count). The lowest BCUT2D eigenvalue weighted by molar-refractivity contribution is -0.116. The van der Waals surface area contributed by atoms with Crippen LogP contribution < -0.4 is 4.90 Å². The lowest BCUT2D eigenvalue weighted by Gasteiger charge is -2.22. The van der Waals surface area contributed by atoms with E-state index >= 15 is 0 Å². The van der Waals surface area contributed by atoms with Crippen LogP contribution in [-0.2, 0) is 4.79 Å². The normalized spacial score (nSPS) is 10.1. The van der Waals surface area contributed by atoms with Crippen molar-refractivity contribution < 1.29 is 4.79 Å². The van der Waals surface area contributed by atoms with Gasteiger partial charge in [0.1, 0.15) is 0 Å². The lowest BCUT2D eigenvalue weighted by Crippen LogP contribution is -2.33. The standard InChI is InChI=1S/C18H19N3OS/c1-14-10-15(2)12-16(11-14)21(9-5-7-19)18(22)13-23-17-6-3-4-8-20-17/h3-4,6,8,10-12H,5,9,13H2,1-2H3. The summed E-state index contributed by atoms with van der Waals surface area (Å²) in [5, 5.41) is 9.68. The van der Waals surface area contributed by atoms with E-state index in [4.69, 9.17) is 5.26 Å². The van der Waals surface area contributed by atoms with Gasteiger partial charge in [-0.3, -0.25) is 4.79 Å². The van der Waals surface area contributed by atoms with Crippen LogP contribution in [0.3, 0.4) is 0 Å². The molecular formula is C18H19N3OS. The molecular weight excluding hydrogens is 306 g/mol. The van der Waals surface area contributed by atoms with Crippen LogP contribution in [-0.4, -0.2) is 23.2 Å². The Morgan fingerprint density at radius 2 is 2.00 bits per heavy atom. The molecule has 0 unspecified atom stereocenters. The molecule has 2 aromatic rings. The number of aryl methyl sites for hydroxylation is 2. The number of aromatic nitrogens is 1. The average molecular weight is 325 g/mol. The van der Waals surface area contributed by atoms with E-state index in [-0.39, 0.29) is 5.91 Å². The second-order valence-corrected chi connectivity index (χ2v) is 6.25. The quantitative estimate of drug-likeness (QED) is 0.759. The number of pyridine rings is 1. The summed E-state index contributed by atoms with van der Waals surface area (Å²) in [5.41, 5.74) is 3.06. The topological polar surface area (TPSA) is 57.0 Å². The molecule has 0 fully saturated rings. The fraction of sp³-hybridized carbons (Fsp3) is 0.278. The maximum Gasteiger partial charge on any atom is 0.237 e. The molecule has 0 aliphatic heterocycles. The van der Waals surface area contributed by atoms with Crippen LogP contribution in [0.5, 0.6) is 0 Å². The second-order valence-electron chi connectivity index (χ2n) is 5.26. The van der Waals surface area contributed by atoms with E-state index in [1.165, 1.54) is 11.8 Å². The minimum atomic E-state index is -0.0131. The summed E-state index contributed by atoms with van der Waals surface area (Å²) in [7, 11) is 0. The molecule has 1 aromatic heterocycles. The maximum atomic E-state index is 12.6. The number of benzene rings is 1. The van der Waals surface area contributed by atoms with Gasteiger partial charge in [-0.25, -0.2) is 4.98 Å². The Kier molecular flexibility index (Phi) is 6.19. The monoisotopic (exact) mass is 325 g/mol. The van der Waals surface area contributed by atoms with Crippen LogP contribution in [0.15, 0.2) is 47.6 Å². The molecule has 0 bridgehead atoms. The van der Waals surface area contributed by atoms with Crippen LogP contribution in [0.1, 0.15) is 17.5 Å². The van der Waals surface area contributed by atoms with E-state index in [0.717, 1.165) is 21.8 Å². The highest BCUT2D eigenvalue weighted by Gasteiger charge is 2.16. The zero-order valence-electron chi connectivity index (χ0n) is 13.3. The van der Waals surface area contributed by atoms with Gasteiger partial charge in [0.05, 0.1) is 23.3 Å². The Labute approximate surface area is 141 Å². The van der Waals surface area contributed by atoms with E-state index in [1.54, 1.807) is 11.1 Å². The number of rotatable bonds is 6. The lowest BCUT2D eigenvalue weighted by atomic mass is 10.1. The number of carbonyl (C=O) groups excluding carboxylic acids is 1. The van der Waals surface area contributed by atoms with Crippen molar-refractivity contribution in [2.75, 3.05) is 17.2 Å². The van der Waals surface area contributed by atoms with Crippen LogP contribution in [0, 0.1) is 25.2 Å². The third kappa shape index (κ3) is 5.11. The first-order chi connectivity index (χ1) is 11.1. The van der Waals surface area contributed by atoms with Gasteiger partial charge in [0.25, 0.3) is 0 Å². The summed E-state index contributed by atoms with van der Waals surface area (Å²) in [6.45, 7) is 4.42. The van der Waals surface area contributed by atoms with Gasteiger partial charge in [0.2, 0.25) is 5.91 Å². The van der Waals surface area contributed by atoms with Crippen molar-refractivity contribution in [1.82, 2.24) is 4.98 Å². The molecule has 1 aromatic carbocycles. The second kappa shape index (κ2) is 8.35. The van der Waals surface area contributed by atoms with E-state index < -0.39 is 0 Å². The highest BCUT2D eigenvalue weighted by Crippen LogP contribution is 2.22. The summed E-state index contributed by atoms with van der Waals surface area (Å²) in [6, 6.07) is 13.8. The SMILES string of the molecule is Cc1cc(C)cc(N(CCC#N)C(=O)CSc2ccccn2)c1. The zero-order valence-corrected chi connectivity index (χ0v) is 14.1. The number of amides is 1. The fourth-order valence-corrected chi connectivity index (χ4v) is 3.05. The van der Waals surface area contributed by atoms with Crippen molar-refractivity contribution >= 4 is 23.4 Å². The van der Waals surface area contributed by atoms with Crippen LogP contribution in [0.2, 0.25) is 0 Å².